The fourth-order valence-corrected chi connectivity index (χ4v) is 3.70. The molecule has 0 radical (unpaired) electrons. The van der Waals surface area contributed by atoms with Crippen LogP contribution in [0.1, 0.15) is 73.0 Å². The number of aryl methyl sites for hydroxylation is 2. The van der Waals surface area contributed by atoms with E-state index in [1.807, 2.05) is 26.0 Å². The topological polar surface area (TPSA) is 74.2 Å². The van der Waals surface area contributed by atoms with Crippen LogP contribution < -0.4 is 0 Å². The quantitative estimate of drug-likeness (QED) is 0.378. The molecule has 1 atom stereocenters. The highest BCUT2D eigenvalue weighted by molar-refractivity contribution is 5.96. The normalized spacial score (nSPS) is 20.5. The van der Waals surface area contributed by atoms with E-state index in [2.05, 4.69) is 35.9 Å². The van der Waals surface area contributed by atoms with Gasteiger partial charge in [0.1, 0.15) is 6.10 Å². The number of fused-ring (bicyclic) bond motifs is 1. The Hall–Kier alpha value is -2.63. The van der Waals surface area contributed by atoms with Gasteiger partial charge in [0.2, 0.25) is 6.61 Å². The van der Waals surface area contributed by atoms with Gasteiger partial charge in [-0.1, -0.05) is 48.9 Å². The summed E-state index contributed by atoms with van der Waals surface area (Å²) in [6, 6.07) is 4.01. The molecule has 6 heteroatoms. The van der Waals surface area contributed by atoms with E-state index in [1.54, 1.807) is 0 Å². The molecular weight excluding hydrogens is 394 g/mol. The molecule has 0 spiro atoms. The third-order valence-corrected chi connectivity index (χ3v) is 5.39. The molecule has 1 aromatic carbocycles. The van der Waals surface area contributed by atoms with E-state index in [9.17, 15) is 9.59 Å². The number of carbonyl (C=O) groups excluding carboxylic acids is 2. The minimum atomic E-state index is -0.481. The van der Waals surface area contributed by atoms with Crippen LogP contribution in [0.15, 0.2) is 29.4 Å². The molecular formula is C25H35NO5. The zero-order valence-electron chi connectivity index (χ0n) is 19.4. The Morgan fingerprint density at radius 2 is 2.00 bits per heavy atom. The number of allylic oxidation sites excluding steroid dienone is 1. The minimum absolute atomic E-state index is 0.170. The van der Waals surface area contributed by atoms with E-state index in [4.69, 9.17) is 9.57 Å². The number of ether oxygens (including phenoxy) is 2. The van der Waals surface area contributed by atoms with Crippen molar-refractivity contribution in [1.82, 2.24) is 0 Å². The van der Waals surface area contributed by atoms with Gasteiger partial charge >= 0.3 is 11.9 Å². The van der Waals surface area contributed by atoms with Gasteiger partial charge in [-0.3, -0.25) is 0 Å². The third-order valence-electron chi connectivity index (χ3n) is 5.39. The summed E-state index contributed by atoms with van der Waals surface area (Å²) in [6.45, 7) is 7.85. The van der Waals surface area contributed by atoms with Gasteiger partial charge in [-0.15, -0.1) is 0 Å². The zero-order chi connectivity index (χ0) is 22.8. The fourth-order valence-electron chi connectivity index (χ4n) is 3.70. The Balaban J connectivity index is 2.39. The number of hydrogen-bond acceptors (Lipinski definition) is 6. The summed E-state index contributed by atoms with van der Waals surface area (Å²) >= 11 is 0. The summed E-state index contributed by atoms with van der Waals surface area (Å²) < 4.78 is 10.5. The summed E-state index contributed by atoms with van der Waals surface area (Å²) in [5.74, 6) is -0.559. The Morgan fingerprint density at radius 1 is 1.23 bits per heavy atom. The molecule has 0 bridgehead atoms. The van der Waals surface area contributed by atoms with Crippen LogP contribution in [0.2, 0.25) is 0 Å². The number of esters is 2. The highest BCUT2D eigenvalue weighted by Gasteiger charge is 2.23. The van der Waals surface area contributed by atoms with Gasteiger partial charge in [-0.2, -0.15) is 0 Å². The lowest BCUT2D eigenvalue weighted by Crippen LogP contribution is -2.25. The van der Waals surface area contributed by atoms with E-state index in [0.29, 0.717) is 12.0 Å². The highest BCUT2D eigenvalue weighted by atomic mass is 16.6. The molecule has 1 aromatic rings. The molecule has 1 aliphatic heterocycles. The molecule has 0 fully saturated rings. The van der Waals surface area contributed by atoms with Crippen molar-refractivity contribution < 1.29 is 23.9 Å². The average Bonchev–Trinajstić information content (AvgIpc) is 2.70. The van der Waals surface area contributed by atoms with Crippen LogP contribution in [0.5, 0.6) is 0 Å². The predicted octanol–water partition coefficient (Wildman–Crippen LogP) is 5.09. The Kier molecular flexibility index (Phi) is 9.76. The van der Waals surface area contributed by atoms with E-state index in [-0.39, 0.29) is 24.6 Å². The van der Waals surface area contributed by atoms with Crippen molar-refractivity contribution in [1.29, 1.82) is 0 Å². The molecule has 31 heavy (non-hydrogen) atoms. The van der Waals surface area contributed by atoms with E-state index in [0.717, 1.165) is 54.5 Å². The van der Waals surface area contributed by atoms with Crippen LogP contribution in [-0.2, 0) is 25.5 Å². The molecule has 0 saturated carbocycles. The van der Waals surface area contributed by atoms with Crippen molar-refractivity contribution in [3.8, 4) is 0 Å². The Morgan fingerprint density at radius 3 is 2.71 bits per heavy atom. The van der Waals surface area contributed by atoms with E-state index < -0.39 is 5.97 Å². The molecule has 170 valence electrons. The number of benzene rings is 1. The summed E-state index contributed by atoms with van der Waals surface area (Å²) in [6.07, 6.45) is 8.95. The van der Waals surface area contributed by atoms with Crippen molar-refractivity contribution in [2.75, 3.05) is 13.7 Å². The smallest absolute Gasteiger partial charge is 0.346 e. The standard InChI is InChI=1S/C25H35NO5/c1-17(2)22-12-10-8-6-7-9-11-21(26-30-16-23(27)29-5)15-20-14-18(3)13-19(4)24(20)25(28)31-22/h8,10,13-14,17,22H,6-7,9,11-12,15-16H2,1-5H3/b10-8+,26-21+/t22-/m0/s1. The van der Waals surface area contributed by atoms with Crippen molar-refractivity contribution in [2.24, 2.45) is 11.1 Å². The summed E-state index contributed by atoms with van der Waals surface area (Å²) in [7, 11) is 1.31. The van der Waals surface area contributed by atoms with E-state index in [1.165, 1.54) is 7.11 Å². The second-order valence-corrected chi connectivity index (χ2v) is 8.44. The monoisotopic (exact) mass is 429 g/mol. The number of oxime groups is 1. The molecule has 2 rings (SSSR count). The SMILES string of the molecule is COC(=O)CO/N=C1\CCCC/C=C/C[C@@H](C(C)C)OC(=O)c2c(C)cc(C)cc2C1. The largest absolute Gasteiger partial charge is 0.466 e. The van der Waals surface area contributed by atoms with Gasteiger partial charge in [0.15, 0.2) is 0 Å². The van der Waals surface area contributed by atoms with Crippen molar-refractivity contribution in [2.45, 2.75) is 72.3 Å². The second kappa shape index (κ2) is 12.3. The van der Waals surface area contributed by atoms with Crippen LogP contribution in [-0.4, -0.2) is 37.5 Å². The lowest BCUT2D eigenvalue weighted by atomic mass is 9.93. The first-order chi connectivity index (χ1) is 14.8. The molecule has 0 aromatic heterocycles. The Bertz CT molecular complexity index is 825. The molecule has 0 N–H and O–H groups in total. The molecule has 1 aliphatic rings. The van der Waals surface area contributed by atoms with Gasteiger partial charge in [-0.05, 0) is 56.6 Å². The first-order valence-corrected chi connectivity index (χ1v) is 11.0. The first kappa shape index (κ1) is 24.6. The molecule has 0 saturated heterocycles. The second-order valence-electron chi connectivity index (χ2n) is 8.44. The first-order valence-electron chi connectivity index (χ1n) is 11.0. The van der Waals surface area contributed by atoms with Crippen LogP contribution >= 0.6 is 0 Å². The van der Waals surface area contributed by atoms with Gasteiger partial charge in [0, 0.05) is 12.8 Å². The van der Waals surface area contributed by atoms with Gasteiger partial charge < -0.3 is 14.3 Å². The maximum absolute atomic E-state index is 13.2. The lowest BCUT2D eigenvalue weighted by molar-refractivity contribution is -0.145. The minimum Gasteiger partial charge on any atom is -0.466 e. The Labute approximate surface area is 185 Å². The van der Waals surface area contributed by atoms with Crippen LogP contribution in [0, 0.1) is 19.8 Å². The lowest BCUT2D eigenvalue weighted by Gasteiger charge is -2.22. The number of nitrogens with zero attached hydrogens (tertiary/aromatic N) is 1. The molecule has 0 unspecified atom stereocenters. The summed E-state index contributed by atoms with van der Waals surface area (Å²) in [4.78, 5) is 29.8. The number of rotatable bonds is 4. The number of methoxy groups -OCH3 is 1. The molecule has 1 heterocycles. The molecule has 0 aliphatic carbocycles. The summed E-state index contributed by atoms with van der Waals surface area (Å²) in [5.41, 5.74) is 4.23. The third kappa shape index (κ3) is 7.85. The molecule has 6 nitrogen and oxygen atoms in total. The van der Waals surface area contributed by atoms with Crippen LogP contribution in [0.25, 0.3) is 0 Å². The molecule has 0 amide bonds. The number of cyclic esters (lactones) is 1. The zero-order valence-corrected chi connectivity index (χ0v) is 19.4. The van der Waals surface area contributed by atoms with Crippen molar-refractivity contribution in [3.63, 3.8) is 0 Å². The maximum Gasteiger partial charge on any atom is 0.346 e. The number of carbonyl (C=O) groups is 2. The predicted molar refractivity (Wildman–Crippen MR) is 121 cm³/mol. The maximum atomic E-state index is 13.2. The highest BCUT2D eigenvalue weighted by Crippen LogP contribution is 2.23. The van der Waals surface area contributed by atoms with Gasteiger partial charge in [-0.25, -0.2) is 9.59 Å². The van der Waals surface area contributed by atoms with E-state index >= 15 is 0 Å². The van der Waals surface area contributed by atoms with Gasteiger partial charge in [0.25, 0.3) is 0 Å². The van der Waals surface area contributed by atoms with Crippen LogP contribution in [0.3, 0.4) is 0 Å². The van der Waals surface area contributed by atoms with Crippen LogP contribution in [0.4, 0.5) is 0 Å². The fraction of sp³-hybridized carbons (Fsp3) is 0.560. The van der Waals surface area contributed by atoms with Crippen molar-refractivity contribution in [3.05, 3.63) is 46.5 Å². The van der Waals surface area contributed by atoms with Crippen molar-refractivity contribution >= 4 is 17.7 Å². The summed E-state index contributed by atoms with van der Waals surface area (Å²) in [5, 5.41) is 4.21. The average molecular weight is 430 g/mol. The number of hydrogen-bond donors (Lipinski definition) is 0. The van der Waals surface area contributed by atoms with Gasteiger partial charge in [0.05, 0.1) is 18.4 Å².